The van der Waals surface area contributed by atoms with Crippen molar-refractivity contribution in [1.82, 2.24) is 15.0 Å². The van der Waals surface area contributed by atoms with Crippen LogP contribution in [0.5, 0.6) is 6.01 Å². The van der Waals surface area contributed by atoms with Gasteiger partial charge in [0.1, 0.15) is 0 Å². The lowest BCUT2D eigenvalue weighted by atomic mass is 10.1. The number of aromatic nitrogens is 3. The van der Waals surface area contributed by atoms with Gasteiger partial charge in [-0.25, -0.2) is 0 Å². The third kappa shape index (κ3) is 6.57. The van der Waals surface area contributed by atoms with Crippen molar-refractivity contribution >= 4 is 11.9 Å². The first-order valence-corrected chi connectivity index (χ1v) is 7.61. The first kappa shape index (κ1) is 17.4. The molecule has 0 saturated heterocycles. The number of nitrogens with zero attached hydrogens (tertiary/aromatic N) is 3. The molecule has 1 aromatic heterocycles. The average Bonchev–Trinajstić information content (AvgIpc) is 2.48. The van der Waals surface area contributed by atoms with Crippen LogP contribution >= 0.6 is 0 Å². The number of aliphatic hydroxyl groups excluding tert-OH is 1. The van der Waals surface area contributed by atoms with Crippen LogP contribution in [0, 0.1) is 5.92 Å². The molecule has 0 aromatic carbocycles. The fourth-order valence-corrected chi connectivity index (χ4v) is 1.44. The summed E-state index contributed by atoms with van der Waals surface area (Å²) in [6.07, 6.45) is 1.41. The number of hydrogen-bond acceptors (Lipinski definition) is 7. The lowest BCUT2D eigenvalue weighted by molar-refractivity contribution is 0.137. The fourth-order valence-electron chi connectivity index (χ4n) is 1.44. The summed E-state index contributed by atoms with van der Waals surface area (Å²) in [5.74, 6) is 1.07. The largest absolute Gasteiger partial charge is 0.463 e. The number of rotatable bonds is 10. The Morgan fingerprint density at radius 3 is 2.29 bits per heavy atom. The summed E-state index contributed by atoms with van der Waals surface area (Å²) in [6, 6.07) is 0.298. The molecule has 0 radical (unpaired) electrons. The van der Waals surface area contributed by atoms with E-state index in [9.17, 15) is 5.11 Å². The van der Waals surface area contributed by atoms with E-state index in [0.717, 1.165) is 19.4 Å². The molecule has 0 spiro atoms. The molecule has 0 aliphatic heterocycles. The summed E-state index contributed by atoms with van der Waals surface area (Å²) in [7, 11) is 0. The van der Waals surface area contributed by atoms with Crippen LogP contribution < -0.4 is 15.4 Å². The smallest absolute Gasteiger partial charge is 0.323 e. The summed E-state index contributed by atoms with van der Waals surface area (Å²) in [5.41, 5.74) is 0. The Morgan fingerprint density at radius 1 is 1.05 bits per heavy atom. The second kappa shape index (κ2) is 9.33. The molecule has 7 heteroatoms. The highest BCUT2D eigenvalue weighted by Crippen LogP contribution is 2.12. The van der Waals surface area contributed by atoms with Crippen LogP contribution in [0.25, 0.3) is 0 Å². The minimum absolute atomic E-state index is 0.174. The van der Waals surface area contributed by atoms with Gasteiger partial charge in [-0.15, -0.1) is 0 Å². The number of ether oxygens (including phenoxy) is 1. The van der Waals surface area contributed by atoms with Crippen molar-refractivity contribution in [1.29, 1.82) is 0 Å². The normalized spacial score (nSPS) is 12.3. The average molecular weight is 297 g/mol. The topological polar surface area (TPSA) is 92.2 Å². The van der Waals surface area contributed by atoms with Gasteiger partial charge in [-0.3, -0.25) is 0 Å². The molecule has 0 bridgehead atoms. The van der Waals surface area contributed by atoms with Gasteiger partial charge in [0.15, 0.2) is 0 Å². The maximum atomic E-state index is 9.83. The van der Waals surface area contributed by atoms with Crippen LogP contribution in [0.4, 0.5) is 11.9 Å². The SMILES string of the molecule is CCCNc1nc(NCC(O)C(C)C)nc(OCCC)n1. The molecule has 1 unspecified atom stereocenters. The molecule has 0 amide bonds. The van der Waals surface area contributed by atoms with Crippen molar-refractivity contribution in [2.24, 2.45) is 5.92 Å². The van der Waals surface area contributed by atoms with Crippen molar-refractivity contribution in [3.63, 3.8) is 0 Å². The van der Waals surface area contributed by atoms with Gasteiger partial charge in [0, 0.05) is 13.1 Å². The molecule has 21 heavy (non-hydrogen) atoms. The predicted molar refractivity (Wildman–Crippen MR) is 83.7 cm³/mol. The van der Waals surface area contributed by atoms with Gasteiger partial charge in [0.2, 0.25) is 11.9 Å². The molecule has 0 aliphatic rings. The first-order valence-electron chi connectivity index (χ1n) is 7.61. The van der Waals surface area contributed by atoms with E-state index in [1.165, 1.54) is 0 Å². The van der Waals surface area contributed by atoms with E-state index < -0.39 is 6.10 Å². The zero-order chi connectivity index (χ0) is 15.7. The van der Waals surface area contributed by atoms with Gasteiger partial charge >= 0.3 is 6.01 Å². The highest BCUT2D eigenvalue weighted by molar-refractivity contribution is 5.35. The monoisotopic (exact) mass is 297 g/mol. The molecular formula is C14H27N5O2. The standard InChI is InChI=1S/C14H27N5O2/c1-5-7-15-12-17-13(16-9-11(20)10(3)4)19-14(18-12)21-8-6-2/h10-11,20H,5-9H2,1-4H3,(H2,15,16,17,18,19). The van der Waals surface area contributed by atoms with Crippen molar-refractivity contribution < 1.29 is 9.84 Å². The first-order chi connectivity index (χ1) is 10.1. The zero-order valence-electron chi connectivity index (χ0n) is 13.4. The van der Waals surface area contributed by atoms with E-state index in [-0.39, 0.29) is 5.92 Å². The van der Waals surface area contributed by atoms with E-state index >= 15 is 0 Å². The quantitative estimate of drug-likeness (QED) is 0.607. The number of nitrogens with one attached hydrogen (secondary N) is 2. The second-order valence-electron chi connectivity index (χ2n) is 5.23. The fraction of sp³-hybridized carbons (Fsp3) is 0.786. The van der Waals surface area contributed by atoms with Gasteiger partial charge in [0.25, 0.3) is 0 Å². The molecular weight excluding hydrogens is 270 g/mol. The van der Waals surface area contributed by atoms with Gasteiger partial charge < -0.3 is 20.5 Å². The Kier molecular flexibility index (Phi) is 7.74. The van der Waals surface area contributed by atoms with Crippen LogP contribution in [0.3, 0.4) is 0 Å². The summed E-state index contributed by atoms with van der Waals surface area (Å²) in [4.78, 5) is 12.7. The van der Waals surface area contributed by atoms with E-state index in [1.54, 1.807) is 0 Å². The molecule has 1 aromatic rings. The predicted octanol–water partition coefficient (Wildman–Crippen LogP) is 1.91. The van der Waals surface area contributed by atoms with Crippen molar-refractivity contribution in [3.05, 3.63) is 0 Å². The van der Waals surface area contributed by atoms with Crippen LogP contribution in [-0.4, -0.2) is 45.9 Å². The lowest BCUT2D eigenvalue weighted by Gasteiger charge is -2.15. The molecule has 0 aliphatic carbocycles. The Hall–Kier alpha value is -1.63. The van der Waals surface area contributed by atoms with Crippen molar-refractivity contribution in [2.75, 3.05) is 30.3 Å². The third-order valence-corrected chi connectivity index (χ3v) is 2.82. The number of anilines is 2. The highest BCUT2D eigenvalue weighted by atomic mass is 16.5. The molecule has 120 valence electrons. The Balaban J connectivity index is 2.74. The van der Waals surface area contributed by atoms with E-state index in [4.69, 9.17) is 4.74 Å². The second-order valence-corrected chi connectivity index (χ2v) is 5.23. The number of aliphatic hydroxyl groups is 1. The molecule has 0 saturated carbocycles. The Bertz CT molecular complexity index is 388. The zero-order valence-corrected chi connectivity index (χ0v) is 13.4. The molecule has 1 rings (SSSR count). The summed E-state index contributed by atoms with van der Waals surface area (Å²) in [6.45, 7) is 9.75. The number of hydrogen-bond donors (Lipinski definition) is 3. The van der Waals surface area contributed by atoms with E-state index in [0.29, 0.717) is 31.1 Å². The molecule has 7 nitrogen and oxygen atoms in total. The summed E-state index contributed by atoms with van der Waals surface area (Å²) >= 11 is 0. The van der Waals surface area contributed by atoms with Gasteiger partial charge in [0.05, 0.1) is 12.7 Å². The Morgan fingerprint density at radius 2 is 1.71 bits per heavy atom. The van der Waals surface area contributed by atoms with Crippen LogP contribution in [0.1, 0.15) is 40.5 Å². The molecule has 1 atom stereocenters. The van der Waals surface area contributed by atoms with Crippen LogP contribution in [0.15, 0.2) is 0 Å². The molecule has 3 N–H and O–H groups in total. The Labute approximate surface area is 126 Å². The van der Waals surface area contributed by atoms with E-state index in [2.05, 4.69) is 32.5 Å². The minimum atomic E-state index is -0.450. The van der Waals surface area contributed by atoms with Crippen molar-refractivity contribution in [3.8, 4) is 6.01 Å². The third-order valence-electron chi connectivity index (χ3n) is 2.82. The minimum Gasteiger partial charge on any atom is -0.463 e. The maximum absolute atomic E-state index is 9.83. The summed E-state index contributed by atoms with van der Waals surface area (Å²) in [5, 5.41) is 16.0. The summed E-state index contributed by atoms with van der Waals surface area (Å²) < 4.78 is 5.47. The van der Waals surface area contributed by atoms with Crippen molar-refractivity contribution in [2.45, 2.75) is 46.6 Å². The molecule has 0 fully saturated rings. The van der Waals surface area contributed by atoms with Crippen LogP contribution in [-0.2, 0) is 0 Å². The molecule has 1 heterocycles. The highest BCUT2D eigenvalue weighted by Gasteiger charge is 2.11. The lowest BCUT2D eigenvalue weighted by Crippen LogP contribution is -2.25. The van der Waals surface area contributed by atoms with Gasteiger partial charge in [-0.1, -0.05) is 27.7 Å². The van der Waals surface area contributed by atoms with E-state index in [1.807, 2.05) is 20.8 Å². The van der Waals surface area contributed by atoms with Crippen LogP contribution in [0.2, 0.25) is 0 Å². The van der Waals surface area contributed by atoms with Gasteiger partial charge in [-0.05, 0) is 18.8 Å². The van der Waals surface area contributed by atoms with Gasteiger partial charge in [-0.2, -0.15) is 15.0 Å². The maximum Gasteiger partial charge on any atom is 0.323 e.